The lowest BCUT2D eigenvalue weighted by Gasteiger charge is -2.27. The summed E-state index contributed by atoms with van der Waals surface area (Å²) in [6, 6.07) is -0.0288. The second kappa shape index (κ2) is 8.22. The van der Waals surface area contributed by atoms with Crippen LogP contribution in [-0.4, -0.2) is 40.9 Å². The number of carboxylic acid groups (broad SMARTS) is 1. The monoisotopic (exact) mass is 300 g/mol. The number of hydrogen-bond donors (Lipinski definition) is 4. The first-order chi connectivity index (χ1) is 9.78. The highest BCUT2D eigenvalue weighted by Crippen LogP contribution is 2.26. The number of nitrogens with one attached hydrogen (secondary N) is 2. The smallest absolute Gasteiger partial charge is 0.315 e. The van der Waals surface area contributed by atoms with Gasteiger partial charge in [-0.1, -0.05) is 13.8 Å². The summed E-state index contributed by atoms with van der Waals surface area (Å²) in [5.74, 6) is -0.784. The number of carbonyl (C=O) groups excluding carboxylic acids is 1. The Bertz CT molecular complexity index is 350. The predicted octanol–water partition coefficient (Wildman–Crippen LogP) is 1.87. The van der Waals surface area contributed by atoms with Gasteiger partial charge in [-0.15, -0.1) is 0 Å². The van der Waals surface area contributed by atoms with Crippen LogP contribution >= 0.6 is 0 Å². The van der Waals surface area contributed by atoms with Gasteiger partial charge in [-0.05, 0) is 43.9 Å². The minimum absolute atomic E-state index is 0.0966. The molecule has 0 spiro atoms. The zero-order valence-electron chi connectivity index (χ0n) is 13.0. The average molecular weight is 300 g/mol. The van der Waals surface area contributed by atoms with E-state index in [1.54, 1.807) is 0 Å². The van der Waals surface area contributed by atoms with Crippen LogP contribution in [0.5, 0.6) is 0 Å². The van der Waals surface area contributed by atoms with Crippen LogP contribution in [0.4, 0.5) is 4.79 Å². The third-order valence-electron chi connectivity index (χ3n) is 4.13. The van der Waals surface area contributed by atoms with E-state index in [0.717, 1.165) is 32.1 Å². The van der Waals surface area contributed by atoms with E-state index in [1.807, 2.05) is 13.8 Å². The normalized spacial score (nSPS) is 22.6. The Morgan fingerprint density at radius 1 is 1.14 bits per heavy atom. The zero-order valence-corrected chi connectivity index (χ0v) is 13.0. The summed E-state index contributed by atoms with van der Waals surface area (Å²) in [6.07, 6.45) is 4.41. The van der Waals surface area contributed by atoms with Gasteiger partial charge in [0.25, 0.3) is 0 Å². The van der Waals surface area contributed by atoms with Crippen molar-refractivity contribution in [2.24, 2.45) is 5.41 Å². The van der Waals surface area contributed by atoms with E-state index in [9.17, 15) is 14.7 Å². The van der Waals surface area contributed by atoms with Gasteiger partial charge in [0.05, 0.1) is 6.10 Å². The topological polar surface area (TPSA) is 98.7 Å². The first-order valence-corrected chi connectivity index (χ1v) is 7.73. The molecule has 6 heteroatoms. The van der Waals surface area contributed by atoms with Gasteiger partial charge < -0.3 is 20.8 Å². The summed E-state index contributed by atoms with van der Waals surface area (Å²) in [6.45, 7) is 4.56. The van der Waals surface area contributed by atoms with Crippen LogP contribution in [0.2, 0.25) is 0 Å². The summed E-state index contributed by atoms with van der Waals surface area (Å²) in [5.41, 5.74) is -0.0966. The fourth-order valence-electron chi connectivity index (χ4n) is 2.54. The van der Waals surface area contributed by atoms with Crippen molar-refractivity contribution in [3.05, 3.63) is 0 Å². The Balaban J connectivity index is 2.16. The van der Waals surface area contributed by atoms with Gasteiger partial charge >= 0.3 is 12.0 Å². The molecule has 2 amide bonds. The van der Waals surface area contributed by atoms with Crippen molar-refractivity contribution in [2.75, 3.05) is 6.54 Å². The fraction of sp³-hybridized carbons (Fsp3) is 0.867. The number of aliphatic carboxylic acids is 1. The molecular weight excluding hydrogens is 272 g/mol. The molecule has 0 unspecified atom stereocenters. The van der Waals surface area contributed by atoms with Gasteiger partial charge in [-0.3, -0.25) is 4.79 Å². The zero-order chi connectivity index (χ0) is 15.9. The maximum Gasteiger partial charge on any atom is 0.315 e. The predicted molar refractivity (Wildman–Crippen MR) is 80.1 cm³/mol. The van der Waals surface area contributed by atoms with E-state index >= 15 is 0 Å². The first kappa shape index (κ1) is 17.8. The molecule has 6 nitrogen and oxygen atoms in total. The van der Waals surface area contributed by atoms with E-state index in [0.29, 0.717) is 13.0 Å². The summed E-state index contributed by atoms with van der Waals surface area (Å²) in [4.78, 5) is 22.3. The number of aliphatic hydroxyl groups is 1. The molecule has 0 atom stereocenters. The molecule has 0 bridgehead atoms. The standard InChI is InChI=1S/C15H28N2O4/c1-15(2,8-7-13(19)20)9-10-16-14(21)17-11-3-5-12(18)6-4-11/h11-12,18H,3-10H2,1-2H3,(H,19,20)(H2,16,17,21). The fourth-order valence-corrected chi connectivity index (χ4v) is 2.54. The van der Waals surface area contributed by atoms with E-state index in [-0.39, 0.29) is 30.0 Å². The largest absolute Gasteiger partial charge is 0.481 e. The molecular formula is C15H28N2O4. The molecule has 0 saturated heterocycles. The molecule has 0 aliphatic heterocycles. The Labute approximate surface area is 126 Å². The van der Waals surface area contributed by atoms with Crippen molar-refractivity contribution in [3.63, 3.8) is 0 Å². The quantitative estimate of drug-likeness (QED) is 0.577. The van der Waals surface area contributed by atoms with Crippen LogP contribution in [0.15, 0.2) is 0 Å². The molecule has 1 fully saturated rings. The maximum atomic E-state index is 11.8. The number of rotatable bonds is 7. The summed E-state index contributed by atoms with van der Waals surface area (Å²) >= 11 is 0. The van der Waals surface area contributed by atoms with Crippen molar-refractivity contribution in [2.45, 2.75) is 70.9 Å². The van der Waals surface area contributed by atoms with Crippen LogP contribution in [0, 0.1) is 5.41 Å². The van der Waals surface area contributed by atoms with Crippen molar-refractivity contribution in [3.8, 4) is 0 Å². The van der Waals surface area contributed by atoms with E-state index in [2.05, 4.69) is 10.6 Å². The van der Waals surface area contributed by atoms with Crippen LogP contribution < -0.4 is 10.6 Å². The Hall–Kier alpha value is -1.30. The van der Waals surface area contributed by atoms with E-state index in [1.165, 1.54) is 0 Å². The molecule has 1 aliphatic carbocycles. The summed E-state index contributed by atoms with van der Waals surface area (Å²) < 4.78 is 0. The second-order valence-electron chi connectivity index (χ2n) is 6.71. The van der Waals surface area contributed by atoms with Gasteiger partial charge in [0.2, 0.25) is 0 Å². The third kappa shape index (κ3) is 7.90. The Kier molecular flexibility index (Phi) is 6.95. The van der Waals surface area contributed by atoms with Crippen LogP contribution in [0.3, 0.4) is 0 Å². The molecule has 1 aliphatic rings. The lowest BCUT2D eigenvalue weighted by Crippen LogP contribution is -2.44. The van der Waals surface area contributed by atoms with Gasteiger partial charge in [-0.2, -0.15) is 0 Å². The van der Waals surface area contributed by atoms with Crippen molar-refractivity contribution in [1.82, 2.24) is 10.6 Å². The highest BCUT2D eigenvalue weighted by molar-refractivity contribution is 5.74. The molecule has 0 heterocycles. The molecule has 1 rings (SSSR count). The van der Waals surface area contributed by atoms with Gasteiger partial charge in [-0.25, -0.2) is 4.79 Å². The molecule has 21 heavy (non-hydrogen) atoms. The first-order valence-electron chi connectivity index (χ1n) is 7.73. The lowest BCUT2D eigenvalue weighted by molar-refractivity contribution is -0.137. The molecule has 0 radical (unpaired) electrons. The van der Waals surface area contributed by atoms with E-state index < -0.39 is 5.97 Å². The number of carbonyl (C=O) groups is 2. The SMILES string of the molecule is CC(C)(CCNC(=O)NC1CCC(O)CC1)CCC(=O)O. The van der Waals surface area contributed by atoms with Gasteiger partial charge in [0.1, 0.15) is 0 Å². The maximum absolute atomic E-state index is 11.8. The van der Waals surface area contributed by atoms with Crippen LogP contribution in [0.25, 0.3) is 0 Å². The van der Waals surface area contributed by atoms with Crippen molar-refractivity contribution < 1.29 is 19.8 Å². The molecule has 0 aromatic heterocycles. The average Bonchev–Trinajstić information content (AvgIpc) is 2.39. The van der Waals surface area contributed by atoms with Crippen LogP contribution in [-0.2, 0) is 4.79 Å². The number of amides is 2. The number of carboxylic acids is 1. The van der Waals surface area contributed by atoms with E-state index in [4.69, 9.17) is 5.11 Å². The minimum Gasteiger partial charge on any atom is -0.481 e. The van der Waals surface area contributed by atoms with Gasteiger partial charge in [0, 0.05) is 19.0 Å². The second-order valence-corrected chi connectivity index (χ2v) is 6.71. The molecule has 1 saturated carbocycles. The third-order valence-corrected chi connectivity index (χ3v) is 4.13. The molecule has 122 valence electrons. The highest BCUT2D eigenvalue weighted by Gasteiger charge is 2.22. The molecule has 0 aromatic rings. The van der Waals surface area contributed by atoms with Gasteiger partial charge in [0.15, 0.2) is 0 Å². The highest BCUT2D eigenvalue weighted by atomic mass is 16.4. The number of hydrogen-bond acceptors (Lipinski definition) is 3. The van der Waals surface area contributed by atoms with Crippen molar-refractivity contribution in [1.29, 1.82) is 0 Å². The summed E-state index contributed by atoms with van der Waals surface area (Å²) in [5, 5.41) is 23.9. The molecule has 0 aromatic carbocycles. The Morgan fingerprint density at radius 3 is 2.33 bits per heavy atom. The summed E-state index contributed by atoms with van der Waals surface area (Å²) in [7, 11) is 0. The van der Waals surface area contributed by atoms with Crippen molar-refractivity contribution >= 4 is 12.0 Å². The molecule has 4 N–H and O–H groups in total. The number of aliphatic hydroxyl groups excluding tert-OH is 1. The minimum atomic E-state index is -0.784. The lowest BCUT2D eigenvalue weighted by atomic mass is 9.84. The Morgan fingerprint density at radius 2 is 1.76 bits per heavy atom. The number of urea groups is 1. The van der Waals surface area contributed by atoms with Crippen LogP contribution in [0.1, 0.15) is 58.8 Å².